The number of halogens is 4. The van der Waals surface area contributed by atoms with Crippen molar-refractivity contribution < 1.29 is 27.5 Å². The van der Waals surface area contributed by atoms with Crippen LogP contribution in [0.3, 0.4) is 0 Å². The highest BCUT2D eigenvalue weighted by molar-refractivity contribution is 7.98. The van der Waals surface area contributed by atoms with Gasteiger partial charge in [-0.25, -0.2) is 9.78 Å². The Morgan fingerprint density at radius 1 is 1.11 bits per heavy atom. The Morgan fingerprint density at radius 2 is 1.83 bits per heavy atom. The lowest BCUT2D eigenvalue weighted by atomic mass is 10.1. The lowest BCUT2D eigenvalue weighted by Gasteiger charge is -2.28. The van der Waals surface area contributed by atoms with Crippen molar-refractivity contribution in [2.24, 2.45) is 0 Å². The summed E-state index contributed by atoms with van der Waals surface area (Å²) < 4.78 is 46.5. The quantitative estimate of drug-likeness (QED) is 0.464. The van der Waals surface area contributed by atoms with Crippen molar-refractivity contribution in [3.63, 3.8) is 0 Å². The number of rotatable bonds is 4. The first-order valence-electron chi connectivity index (χ1n) is 11.2. The monoisotopic (exact) mass is 544 g/mol. The second-order valence-electron chi connectivity index (χ2n) is 9.20. The minimum absolute atomic E-state index is 0.00114. The van der Waals surface area contributed by atoms with Crippen LogP contribution in [0.1, 0.15) is 43.1 Å². The zero-order valence-electron chi connectivity index (χ0n) is 20.4. The fourth-order valence-corrected chi connectivity index (χ4v) is 4.37. The number of nitrogens with one attached hydrogen (secondary N) is 1. The van der Waals surface area contributed by atoms with E-state index in [1.165, 1.54) is 22.9 Å². The van der Waals surface area contributed by atoms with E-state index in [2.05, 4.69) is 10.3 Å². The van der Waals surface area contributed by atoms with Crippen molar-refractivity contribution in [3.05, 3.63) is 46.6 Å². The molecule has 0 atom stereocenters. The topological polar surface area (TPSA) is 74.8 Å². The molecule has 196 valence electrons. The van der Waals surface area contributed by atoms with Crippen LogP contribution in [0.5, 0.6) is 0 Å². The third kappa shape index (κ3) is 7.19. The van der Waals surface area contributed by atoms with Crippen LogP contribution in [0.2, 0.25) is 5.02 Å². The summed E-state index contributed by atoms with van der Waals surface area (Å²) >= 11 is 7.36. The molecule has 0 radical (unpaired) electrons. The van der Waals surface area contributed by atoms with E-state index < -0.39 is 34.4 Å². The fourth-order valence-electron chi connectivity index (χ4n) is 3.69. The van der Waals surface area contributed by atoms with E-state index in [0.717, 1.165) is 12.1 Å². The lowest BCUT2D eigenvalue weighted by Crippen LogP contribution is -2.39. The molecule has 0 spiro atoms. The molecule has 3 rings (SSSR count). The van der Waals surface area contributed by atoms with Gasteiger partial charge in [0.25, 0.3) is 5.91 Å². The average molecular weight is 545 g/mol. The Labute approximate surface area is 217 Å². The summed E-state index contributed by atoms with van der Waals surface area (Å²) in [6.07, 6.45) is -1.35. The third-order valence-electron chi connectivity index (χ3n) is 5.33. The summed E-state index contributed by atoms with van der Waals surface area (Å²) in [6.45, 7) is 6.43. The van der Waals surface area contributed by atoms with Gasteiger partial charge in [0.1, 0.15) is 5.60 Å². The van der Waals surface area contributed by atoms with Gasteiger partial charge in [0.05, 0.1) is 26.9 Å². The summed E-state index contributed by atoms with van der Waals surface area (Å²) in [5, 5.41) is 2.83. The zero-order valence-corrected chi connectivity index (χ0v) is 22.0. The molecule has 1 saturated heterocycles. The second kappa shape index (κ2) is 11.2. The van der Waals surface area contributed by atoms with Crippen LogP contribution in [0.25, 0.3) is 0 Å². The first-order valence-corrected chi connectivity index (χ1v) is 12.8. The first-order chi connectivity index (χ1) is 16.8. The lowest BCUT2D eigenvalue weighted by molar-refractivity contribution is -0.137. The van der Waals surface area contributed by atoms with Crippen LogP contribution in [-0.2, 0) is 10.9 Å². The Hall–Kier alpha value is -2.66. The molecule has 1 N–H and O–H groups in total. The zero-order chi connectivity index (χ0) is 26.7. The fraction of sp³-hybridized carbons (Fsp3) is 0.458. The number of carbonyl (C=O) groups excluding carboxylic acids is 2. The van der Waals surface area contributed by atoms with E-state index in [4.69, 9.17) is 16.3 Å². The van der Waals surface area contributed by atoms with Crippen molar-refractivity contribution in [1.82, 2.24) is 9.88 Å². The van der Waals surface area contributed by atoms with Gasteiger partial charge in [0, 0.05) is 38.1 Å². The van der Waals surface area contributed by atoms with Crippen LogP contribution in [-0.4, -0.2) is 59.9 Å². The molecule has 0 saturated carbocycles. The standard InChI is InChI=1S/C24H28ClF3N4O3S/c1-23(2,3)35-22(34)32-9-5-8-31(10-11-32)19-14-17(24(26,27)28)18(25)13-16(19)21(33)30-15-6-7-29-20(12-15)36-4/h6-7,12-14H,5,8-11H2,1-4H3,(H,29,30,33). The van der Waals surface area contributed by atoms with Gasteiger partial charge in [-0.2, -0.15) is 13.2 Å². The highest BCUT2D eigenvalue weighted by Crippen LogP contribution is 2.39. The van der Waals surface area contributed by atoms with Crippen LogP contribution in [0.4, 0.5) is 29.3 Å². The predicted molar refractivity (Wildman–Crippen MR) is 135 cm³/mol. The van der Waals surface area contributed by atoms with Crippen LogP contribution in [0.15, 0.2) is 35.5 Å². The van der Waals surface area contributed by atoms with Gasteiger partial charge in [-0.3, -0.25) is 4.79 Å². The van der Waals surface area contributed by atoms with Gasteiger partial charge < -0.3 is 19.9 Å². The molecule has 36 heavy (non-hydrogen) atoms. The number of aromatic nitrogens is 1. The maximum absolute atomic E-state index is 13.7. The van der Waals surface area contributed by atoms with E-state index >= 15 is 0 Å². The Bertz CT molecular complexity index is 1120. The summed E-state index contributed by atoms with van der Waals surface area (Å²) in [4.78, 5) is 33.1. The maximum Gasteiger partial charge on any atom is 0.417 e. The second-order valence-corrected chi connectivity index (χ2v) is 10.4. The molecule has 0 bridgehead atoms. The number of hydrogen-bond donors (Lipinski definition) is 1. The number of amides is 2. The molecular formula is C24H28ClF3N4O3S. The molecule has 1 aromatic heterocycles. The predicted octanol–water partition coefficient (Wildman–Crippen LogP) is 6.18. The summed E-state index contributed by atoms with van der Waals surface area (Å²) in [5.74, 6) is -0.605. The number of alkyl halides is 3. The van der Waals surface area contributed by atoms with E-state index in [0.29, 0.717) is 30.2 Å². The SMILES string of the molecule is CSc1cc(NC(=O)c2cc(Cl)c(C(F)(F)F)cc2N2CCCN(C(=O)OC(C)(C)C)CC2)ccn1. The number of benzene rings is 1. The molecule has 0 aliphatic carbocycles. The normalized spacial score (nSPS) is 14.9. The Kier molecular flexibility index (Phi) is 8.66. The molecule has 1 aliphatic rings. The molecular weight excluding hydrogens is 517 g/mol. The molecule has 2 amide bonds. The maximum atomic E-state index is 13.7. The van der Waals surface area contributed by atoms with Crippen molar-refractivity contribution >= 4 is 46.7 Å². The smallest absolute Gasteiger partial charge is 0.417 e. The number of anilines is 2. The van der Waals surface area contributed by atoms with Gasteiger partial charge in [0.2, 0.25) is 0 Å². The minimum Gasteiger partial charge on any atom is -0.444 e. The van der Waals surface area contributed by atoms with E-state index in [1.54, 1.807) is 37.8 Å². The number of ether oxygens (including phenoxy) is 1. The molecule has 1 fully saturated rings. The van der Waals surface area contributed by atoms with Crippen LogP contribution >= 0.6 is 23.4 Å². The van der Waals surface area contributed by atoms with E-state index in [-0.39, 0.29) is 24.3 Å². The summed E-state index contributed by atoms with van der Waals surface area (Å²) in [7, 11) is 0. The Balaban J connectivity index is 1.93. The van der Waals surface area contributed by atoms with Crippen LogP contribution in [0, 0.1) is 0 Å². The number of thioether (sulfide) groups is 1. The largest absolute Gasteiger partial charge is 0.444 e. The molecule has 7 nitrogen and oxygen atoms in total. The number of nitrogens with zero attached hydrogens (tertiary/aromatic N) is 3. The molecule has 2 aromatic rings. The van der Waals surface area contributed by atoms with Crippen LogP contribution < -0.4 is 10.2 Å². The summed E-state index contributed by atoms with van der Waals surface area (Å²) in [6, 6.07) is 5.20. The summed E-state index contributed by atoms with van der Waals surface area (Å²) in [5.41, 5.74) is -1.16. The molecule has 1 aromatic carbocycles. The van der Waals surface area contributed by atoms with Crippen molar-refractivity contribution in [2.75, 3.05) is 42.7 Å². The minimum atomic E-state index is -4.70. The molecule has 1 aliphatic heterocycles. The molecule has 0 unspecified atom stereocenters. The number of carbonyl (C=O) groups is 2. The van der Waals surface area contributed by atoms with E-state index in [1.807, 2.05) is 6.26 Å². The van der Waals surface area contributed by atoms with Crippen molar-refractivity contribution in [1.29, 1.82) is 0 Å². The van der Waals surface area contributed by atoms with E-state index in [9.17, 15) is 22.8 Å². The number of hydrogen-bond acceptors (Lipinski definition) is 6. The van der Waals surface area contributed by atoms with Gasteiger partial charge in [-0.05, 0) is 57.7 Å². The van der Waals surface area contributed by atoms with Gasteiger partial charge in [-0.1, -0.05) is 11.6 Å². The number of pyridine rings is 1. The van der Waals surface area contributed by atoms with Gasteiger partial charge in [0.15, 0.2) is 0 Å². The Morgan fingerprint density at radius 3 is 2.47 bits per heavy atom. The molecule has 2 heterocycles. The highest BCUT2D eigenvalue weighted by atomic mass is 35.5. The molecule has 12 heteroatoms. The van der Waals surface area contributed by atoms with Gasteiger partial charge in [-0.15, -0.1) is 11.8 Å². The average Bonchev–Trinajstić information content (AvgIpc) is 3.03. The first kappa shape index (κ1) is 27.9. The van der Waals surface area contributed by atoms with Crippen molar-refractivity contribution in [2.45, 2.75) is 44.0 Å². The third-order valence-corrected chi connectivity index (χ3v) is 6.28. The highest BCUT2D eigenvalue weighted by Gasteiger charge is 2.36. The van der Waals surface area contributed by atoms with Gasteiger partial charge >= 0.3 is 12.3 Å². The van der Waals surface area contributed by atoms with Crippen molar-refractivity contribution in [3.8, 4) is 0 Å².